The van der Waals surface area contributed by atoms with Gasteiger partial charge in [0, 0.05) is 23.9 Å². The number of fused-ring (bicyclic) bond motifs is 2. The van der Waals surface area contributed by atoms with Crippen LogP contribution in [0.1, 0.15) is 27.6 Å². The zero-order chi connectivity index (χ0) is 20.5. The van der Waals surface area contributed by atoms with Crippen molar-refractivity contribution in [2.24, 2.45) is 5.92 Å². The SMILES string of the molecule is O=C(O)/C=C(/NC(=O)c1cc(C2CN3CC[C@@H]2C3)c(-c2ccccc2)s1)C(=O)O. The second-order valence-corrected chi connectivity index (χ2v) is 8.38. The highest BCUT2D eigenvalue weighted by atomic mass is 32.1. The predicted octanol–water partition coefficient (Wildman–Crippen LogP) is 2.62. The average molecular weight is 412 g/mol. The van der Waals surface area contributed by atoms with Gasteiger partial charge in [0.1, 0.15) is 5.70 Å². The highest BCUT2D eigenvalue weighted by Crippen LogP contribution is 2.46. The molecule has 8 heteroatoms. The Morgan fingerprint density at radius 3 is 2.48 bits per heavy atom. The summed E-state index contributed by atoms with van der Waals surface area (Å²) in [5, 5.41) is 20.2. The van der Waals surface area contributed by atoms with Gasteiger partial charge >= 0.3 is 11.9 Å². The molecule has 2 saturated heterocycles. The third-order valence-corrected chi connectivity index (χ3v) is 6.70. The van der Waals surface area contributed by atoms with Gasteiger partial charge in [-0.05, 0) is 36.1 Å². The van der Waals surface area contributed by atoms with Crippen molar-refractivity contribution in [2.45, 2.75) is 12.3 Å². The van der Waals surface area contributed by atoms with Gasteiger partial charge in [-0.15, -0.1) is 11.3 Å². The van der Waals surface area contributed by atoms with Crippen molar-refractivity contribution >= 4 is 29.2 Å². The number of thiophene rings is 1. The van der Waals surface area contributed by atoms with E-state index in [4.69, 9.17) is 10.2 Å². The number of carboxylic acid groups (broad SMARTS) is 2. The highest BCUT2D eigenvalue weighted by molar-refractivity contribution is 7.17. The number of hydrogen-bond acceptors (Lipinski definition) is 5. The zero-order valence-corrected chi connectivity index (χ0v) is 16.3. The molecule has 4 rings (SSSR count). The van der Waals surface area contributed by atoms with Crippen molar-refractivity contribution in [1.29, 1.82) is 0 Å². The zero-order valence-electron chi connectivity index (χ0n) is 15.5. The second-order valence-electron chi connectivity index (χ2n) is 7.33. The summed E-state index contributed by atoms with van der Waals surface area (Å²) in [5.74, 6) is -2.65. The molecule has 2 aliphatic rings. The fraction of sp³-hybridized carbons (Fsp3) is 0.286. The first-order valence-electron chi connectivity index (χ1n) is 9.33. The maximum Gasteiger partial charge on any atom is 0.352 e. The number of carboxylic acids is 2. The van der Waals surface area contributed by atoms with Gasteiger partial charge < -0.3 is 20.4 Å². The average Bonchev–Trinajstić information content (AvgIpc) is 3.42. The lowest BCUT2D eigenvalue weighted by Crippen LogP contribution is -2.27. The van der Waals surface area contributed by atoms with E-state index in [1.807, 2.05) is 36.4 Å². The quantitative estimate of drug-likeness (QED) is 0.630. The van der Waals surface area contributed by atoms with Crippen LogP contribution >= 0.6 is 11.3 Å². The standard InChI is InChI=1S/C21H20N2O5S/c24-18(25)9-16(21(27)28)22-20(26)17-8-14(15-11-23-7-6-13(15)10-23)19(29-17)12-4-2-1-3-5-12/h1-5,8-9,13,15H,6-7,10-11H2,(H,22,26)(H,24,25)(H,27,28)/b16-9+/t13-,15?/m1/s1. The summed E-state index contributed by atoms with van der Waals surface area (Å²) >= 11 is 1.31. The second kappa shape index (κ2) is 7.81. The third kappa shape index (κ3) is 3.94. The molecule has 1 aromatic carbocycles. The number of nitrogens with zero attached hydrogens (tertiary/aromatic N) is 1. The molecule has 0 radical (unpaired) electrons. The van der Waals surface area contributed by atoms with E-state index in [1.165, 1.54) is 11.3 Å². The Bertz CT molecular complexity index is 998. The van der Waals surface area contributed by atoms with Crippen LogP contribution in [0.2, 0.25) is 0 Å². The molecule has 150 valence electrons. The minimum atomic E-state index is -1.50. The Labute approximate surface area is 171 Å². The molecule has 2 aromatic rings. The van der Waals surface area contributed by atoms with Crippen LogP contribution < -0.4 is 5.32 Å². The largest absolute Gasteiger partial charge is 0.478 e. The van der Waals surface area contributed by atoms with E-state index in [0.29, 0.717) is 22.8 Å². The topological polar surface area (TPSA) is 107 Å². The van der Waals surface area contributed by atoms with Crippen LogP contribution in [0.15, 0.2) is 48.2 Å². The Hall–Kier alpha value is -2.97. The van der Waals surface area contributed by atoms with E-state index >= 15 is 0 Å². The van der Waals surface area contributed by atoms with Crippen molar-refractivity contribution in [3.63, 3.8) is 0 Å². The molecule has 2 bridgehead atoms. The number of hydrogen-bond donors (Lipinski definition) is 3. The molecule has 2 unspecified atom stereocenters. The highest BCUT2D eigenvalue weighted by Gasteiger charge is 2.40. The maximum absolute atomic E-state index is 12.7. The molecule has 3 N–H and O–H groups in total. The molecule has 3 atom stereocenters. The fourth-order valence-corrected chi connectivity index (χ4v) is 5.33. The number of benzene rings is 1. The number of aliphatic carboxylic acids is 2. The third-order valence-electron chi connectivity index (χ3n) is 5.50. The van der Waals surface area contributed by atoms with Gasteiger partial charge in [0.2, 0.25) is 0 Å². The smallest absolute Gasteiger partial charge is 0.352 e. The Balaban J connectivity index is 1.69. The number of piperidine rings is 1. The van der Waals surface area contributed by atoms with E-state index in [-0.39, 0.29) is 0 Å². The van der Waals surface area contributed by atoms with Crippen molar-refractivity contribution in [3.8, 4) is 10.4 Å². The summed E-state index contributed by atoms with van der Waals surface area (Å²) in [6.07, 6.45) is 1.62. The van der Waals surface area contributed by atoms with Gasteiger partial charge in [0.25, 0.3) is 5.91 Å². The van der Waals surface area contributed by atoms with Crippen LogP contribution in [0.4, 0.5) is 0 Å². The summed E-state index contributed by atoms with van der Waals surface area (Å²) in [6.45, 7) is 3.14. The molecule has 0 spiro atoms. The molecule has 1 aromatic heterocycles. The number of nitrogens with one attached hydrogen (secondary N) is 1. The first kappa shape index (κ1) is 19.4. The van der Waals surface area contributed by atoms with Crippen molar-refractivity contribution in [2.75, 3.05) is 19.6 Å². The van der Waals surface area contributed by atoms with E-state index in [0.717, 1.165) is 42.1 Å². The first-order valence-corrected chi connectivity index (χ1v) is 10.1. The fourth-order valence-electron chi connectivity index (χ4n) is 4.20. The normalized spacial score (nSPS) is 23.2. The van der Waals surface area contributed by atoms with Crippen LogP contribution in [0, 0.1) is 5.92 Å². The van der Waals surface area contributed by atoms with Crippen molar-refractivity contribution < 1.29 is 24.6 Å². The summed E-state index contributed by atoms with van der Waals surface area (Å²) in [6, 6.07) is 11.7. The van der Waals surface area contributed by atoms with Gasteiger partial charge in [0.05, 0.1) is 11.0 Å². The molecular weight excluding hydrogens is 392 g/mol. The van der Waals surface area contributed by atoms with E-state index in [2.05, 4.69) is 10.2 Å². The Morgan fingerprint density at radius 1 is 1.14 bits per heavy atom. The van der Waals surface area contributed by atoms with Crippen LogP contribution in [-0.4, -0.2) is 52.6 Å². The summed E-state index contributed by atoms with van der Waals surface area (Å²) in [5.41, 5.74) is 1.46. The molecule has 29 heavy (non-hydrogen) atoms. The van der Waals surface area contributed by atoms with Gasteiger partial charge in [-0.2, -0.15) is 0 Å². The van der Waals surface area contributed by atoms with E-state index < -0.39 is 23.5 Å². The molecule has 2 fully saturated rings. The minimum absolute atomic E-state index is 0.338. The first-order chi connectivity index (χ1) is 13.9. The molecule has 0 saturated carbocycles. The summed E-state index contributed by atoms with van der Waals surface area (Å²) in [4.78, 5) is 38.6. The minimum Gasteiger partial charge on any atom is -0.478 e. The Morgan fingerprint density at radius 2 is 1.90 bits per heavy atom. The number of carbonyl (C=O) groups is 3. The molecular formula is C21H20N2O5S. The van der Waals surface area contributed by atoms with Gasteiger partial charge in [-0.3, -0.25) is 4.79 Å². The van der Waals surface area contributed by atoms with Gasteiger partial charge in [-0.25, -0.2) is 9.59 Å². The maximum atomic E-state index is 12.7. The molecule has 2 aliphatic heterocycles. The van der Waals surface area contributed by atoms with Gasteiger partial charge in [-0.1, -0.05) is 30.3 Å². The molecule has 1 amide bonds. The molecule has 0 aliphatic carbocycles. The lowest BCUT2D eigenvalue weighted by Gasteiger charge is -2.22. The van der Waals surface area contributed by atoms with Crippen molar-refractivity contribution in [3.05, 3.63) is 58.6 Å². The number of carbonyl (C=O) groups excluding carboxylic acids is 1. The summed E-state index contributed by atoms with van der Waals surface area (Å²) in [7, 11) is 0. The van der Waals surface area contributed by atoms with E-state index in [9.17, 15) is 14.4 Å². The van der Waals surface area contributed by atoms with Crippen LogP contribution in [-0.2, 0) is 9.59 Å². The van der Waals surface area contributed by atoms with Gasteiger partial charge in [0.15, 0.2) is 0 Å². The predicted molar refractivity (Wildman–Crippen MR) is 108 cm³/mol. The number of rotatable bonds is 6. The number of amides is 1. The van der Waals surface area contributed by atoms with Crippen molar-refractivity contribution in [1.82, 2.24) is 10.2 Å². The lowest BCUT2D eigenvalue weighted by molar-refractivity contribution is -0.135. The van der Waals surface area contributed by atoms with Crippen LogP contribution in [0.5, 0.6) is 0 Å². The lowest BCUT2D eigenvalue weighted by atomic mass is 9.85. The molecule has 3 heterocycles. The van der Waals surface area contributed by atoms with E-state index in [1.54, 1.807) is 0 Å². The van der Waals surface area contributed by atoms with Crippen LogP contribution in [0.25, 0.3) is 10.4 Å². The molecule has 7 nitrogen and oxygen atoms in total. The van der Waals surface area contributed by atoms with Crippen LogP contribution in [0.3, 0.4) is 0 Å². The summed E-state index contributed by atoms with van der Waals surface area (Å²) < 4.78 is 0. The Kier molecular flexibility index (Phi) is 5.21. The monoisotopic (exact) mass is 412 g/mol.